The number of phenolic OH excluding ortho intramolecular Hbond substituents is 1. The van der Waals surface area contributed by atoms with Crippen molar-refractivity contribution in [3.05, 3.63) is 24.3 Å². The van der Waals surface area contributed by atoms with Gasteiger partial charge in [0.1, 0.15) is 10.6 Å². The zero-order valence-electron chi connectivity index (χ0n) is 7.43. The Bertz CT molecular complexity index is 365. The van der Waals surface area contributed by atoms with Crippen molar-refractivity contribution in [2.24, 2.45) is 0 Å². The first-order valence-electron chi connectivity index (χ1n) is 2.77. The summed E-state index contributed by atoms with van der Waals surface area (Å²) in [6, 6.07) is 5.17. The zero-order valence-corrected chi connectivity index (χ0v) is 9.25. The second-order valence-electron chi connectivity index (χ2n) is 1.94. The Morgan fingerprint density at radius 1 is 1.25 bits per heavy atom. The molecule has 0 aliphatic heterocycles. The maximum Gasteiger partial charge on any atom is 1.00 e. The Labute approximate surface area is 93.8 Å². The molecular formula is C6H7NaO4S. The number of rotatable bonds is 1. The van der Waals surface area contributed by atoms with Crippen molar-refractivity contribution >= 4 is 10.1 Å². The van der Waals surface area contributed by atoms with Crippen molar-refractivity contribution in [2.75, 3.05) is 0 Å². The molecule has 0 saturated carbocycles. The Balaban J connectivity index is 0. The summed E-state index contributed by atoms with van der Waals surface area (Å²) in [5, 5.41) is 8.91. The van der Waals surface area contributed by atoms with Crippen LogP contribution in [-0.4, -0.2) is 18.1 Å². The van der Waals surface area contributed by atoms with Crippen LogP contribution in [0.2, 0.25) is 0 Å². The van der Waals surface area contributed by atoms with Crippen LogP contribution in [0.5, 0.6) is 5.75 Å². The molecule has 1 rings (SSSR count). The van der Waals surface area contributed by atoms with E-state index in [-0.39, 0.29) is 31.0 Å². The van der Waals surface area contributed by atoms with Crippen LogP contribution in [0, 0.1) is 0 Å². The van der Waals surface area contributed by atoms with E-state index in [0.717, 1.165) is 6.07 Å². The first kappa shape index (κ1) is 11.9. The number of para-hydroxylation sites is 1. The standard InChI is InChI=1S/C6H6O4S.Na.H/c7-5-3-1-2-4-6(5)11(8,9)10;;/h1-4,7H,(H,8,9,10);;/q;+1;-1. The predicted octanol–water partition coefficient (Wildman–Crippen LogP) is -2.24. The van der Waals surface area contributed by atoms with Gasteiger partial charge in [0.25, 0.3) is 10.1 Å². The van der Waals surface area contributed by atoms with Gasteiger partial charge in [-0.2, -0.15) is 8.42 Å². The largest absolute Gasteiger partial charge is 1.00 e. The van der Waals surface area contributed by atoms with E-state index in [4.69, 9.17) is 9.66 Å². The van der Waals surface area contributed by atoms with E-state index in [0.29, 0.717) is 0 Å². The second-order valence-corrected chi connectivity index (χ2v) is 3.33. The van der Waals surface area contributed by atoms with E-state index < -0.39 is 20.8 Å². The molecule has 0 amide bonds. The molecule has 0 atom stereocenters. The van der Waals surface area contributed by atoms with Gasteiger partial charge in [-0.05, 0) is 12.1 Å². The van der Waals surface area contributed by atoms with Crippen LogP contribution in [0.1, 0.15) is 1.43 Å². The summed E-state index contributed by atoms with van der Waals surface area (Å²) in [4.78, 5) is -0.472. The van der Waals surface area contributed by atoms with Gasteiger partial charge < -0.3 is 6.53 Å². The average Bonchev–Trinajstić information content (AvgIpc) is 1.86. The third-order valence-corrected chi connectivity index (χ3v) is 2.04. The molecule has 0 aliphatic rings. The van der Waals surface area contributed by atoms with Crippen molar-refractivity contribution in [3.63, 3.8) is 0 Å². The van der Waals surface area contributed by atoms with Gasteiger partial charge in [0, 0.05) is 0 Å². The van der Waals surface area contributed by atoms with Crippen molar-refractivity contribution < 1.29 is 49.1 Å². The van der Waals surface area contributed by atoms with Crippen molar-refractivity contribution in [1.82, 2.24) is 0 Å². The van der Waals surface area contributed by atoms with Crippen molar-refractivity contribution in [1.29, 1.82) is 0 Å². The quantitative estimate of drug-likeness (QED) is 0.395. The molecule has 1 aromatic rings. The van der Waals surface area contributed by atoms with Crippen LogP contribution in [0.15, 0.2) is 29.2 Å². The first-order chi connectivity index (χ1) is 5.02. The molecule has 12 heavy (non-hydrogen) atoms. The van der Waals surface area contributed by atoms with E-state index in [1.807, 2.05) is 0 Å². The topological polar surface area (TPSA) is 74.6 Å². The molecule has 4 nitrogen and oxygen atoms in total. The molecule has 0 radical (unpaired) electrons. The minimum absolute atomic E-state index is 0. The third kappa shape index (κ3) is 2.76. The predicted molar refractivity (Wildman–Crippen MR) is 39.0 cm³/mol. The van der Waals surface area contributed by atoms with Gasteiger partial charge in [-0.3, -0.25) is 4.55 Å². The number of aromatic hydroxyl groups is 1. The molecule has 0 spiro atoms. The molecule has 2 N–H and O–H groups in total. The van der Waals surface area contributed by atoms with E-state index in [2.05, 4.69) is 0 Å². The summed E-state index contributed by atoms with van der Waals surface area (Å²) in [6.45, 7) is 0. The number of hydrogen-bond donors (Lipinski definition) is 2. The summed E-state index contributed by atoms with van der Waals surface area (Å²) in [7, 11) is -4.28. The maximum absolute atomic E-state index is 10.4. The summed E-state index contributed by atoms with van der Waals surface area (Å²) in [6.07, 6.45) is 0. The van der Waals surface area contributed by atoms with Gasteiger partial charge in [-0.25, -0.2) is 0 Å². The van der Waals surface area contributed by atoms with Crippen LogP contribution in [0.4, 0.5) is 0 Å². The smallest absolute Gasteiger partial charge is 1.00 e. The molecule has 0 aromatic heterocycles. The van der Waals surface area contributed by atoms with Crippen LogP contribution in [0.3, 0.4) is 0 Å². The van der Waals surface area contributed by atoms with Crippen molar-refractivity contribution in [3.8, 4) is 5.75 Å². The van der Waals surface area contributed by atoms with Gasteiger partial charge in [-0.1, -0.05) is 12.1 Å². The fraction of sp³-hybridized carbons (Fsp3) is 0. The summed E-state index contributed by atoms with van der Waals surface area (Å²) in [5.41, 5.74) is 0. The normalized spacial score (nSPS) is 10.4. The summed E-state index contributed by atoms with van der Waals surface area (Å²) >= 11 is 0. The van der Waals surface area contributed by atoms with Crippen LogP contribution >= 0.6 is 0 Å². The molecule has 0 heterocycles. The van der Waals surface area contributed by atoms with Crippen LogP contribution < -0.4 is 29.6 Å². The molecule has 0 aliphatic carbocycles. The van der Waals surface area contributed by atoms with Gasteiger partial charge in [-0.15, -0.1) is 0 Å². The monoisotopic (exact) mass is 198 g/mol. The third-order valence-electron chi connectivity index (χ3n) is 1.14. The average molecular weight is 198 g/mol. The van der Waals surface area contributed by atoms with Gasteiger partial charge in [0.2, 0.25) is 0 Å². The minimum Gasteiger partial charge on any atom is -1.00 e. The molecule has 0 fully saturated rings. The van der Waals surface area contributed by atoms with E-state index in [9.17, 15) is 8.42 Å². The van der Waals surface area contributed by atoms with Gasteiger partial charge >= 0.3 is 29.6 Å². The van der Waals surface area contributed by atoms with Gasteiger partial charge in [0.05, 0.1) is 0 Å². The fourth-order valence-corrected chi connectivity index (χ4v) is 1.26. The van der Waals surface area contributed by atoms with E-state index in [1.54, 1.807) is 0 Å². The molecular weight excluding hydrogens is 191 g/mol. The van der Waals surface area contributed by atoms with E-state index in [1.165, 1.54) is 18.2 Å². The van der Waals surface area contributed by atoms with Crippen LogP contribution in [-0.2, 0) is 10.1 Å². The Hall–Kier alpha value is -0.0700. The number of phenols is 1. The summed E-state index contributed by atoms with van der Waals surface area (Å²) in [5.74, 6) is -0.449. The van der Waals surface area contributed by atoms with E-state index >= 15 is 0 Å². The molecule has 0 saturated heterocycles. The Kier molecular flexibility index (Phi) is 4.22. The van der Waals surface area contributed by atoms with Gasteiger partial charge in [0.15, 0.2) is 0 Å². The molecule has 6 heteroatoms. The van der Waals surface area contributed by atoms with Crippen LogP contribution in [0.25, 0.3) is 0 Å². The fourth-order valence-electron chi connectivity index (χ4n) is 0.675. The Morgan fingerprint density at radius 3 is 2.08 bits per heavy atom. The second kappa shape index (κ2) is 4.25. The molecule has 62 valence electrons. The zero-order chi connectivity index (χ0) is 8.48. The first-order valence-corrected chi connectivity index (χ1v) is 4.21. The SMILES string of the molecule is O=S(=O)(O)c1ccccc1O.[H-].[Na+]. The number of benzene rings is 1. The van der Waals surface area contributed by atoms with Crippen molar-refractivity contribution in [2.45, 2.75) is 4.90 Å². The number of hydrogen-bond acceptors (Lipinski definition) is 3. The molecule has 0 bridgehead atoms. The molecule has 1 aromatic carbocycles. The maximum atomic E-state index is 10.4. The summed E-state index contributed by atoms with van der Waals surface area (Å²) < 4.78 is 29.4. The minimum atomic E-state index is -4.28. The molecule has 0 unspecified atom stereocenters. The Morgan fingerprint density at radius 2 is 1.75 bits per heavy atom.